The number of hydrogen-bond donors (Lipinski definition) is 1. The number of amides is 1. The number of nitrogens with zero attached hydrogens (tertiary/aromatic N) is 2. The Bertz CT molecular complexity index is 691. The van der Waals surface area contributed by atoms with Gasteiger partial charge in [0.15, 0.2) is 11.5 Å². The van der Waals surface area contributed by atoms with E-state index in [0.717, 1.165) is 32.5 Å². The summed E-state index contributed by atoms with van der Waals surface area (Å²) in [6, 6.07) is 2.53. The largest absolute Gasteiger partial charge is 0.493 e. The molecule has 10 nitrogen and oxygen atoms in total. The Morgan fingerprint density at radius 2 is 1.83 bits per heavy atom. The molecule has 1 aliphatic rings. The van der Waals surface area contributed by atoms with Gasteiger partial charge < -0.3 is 29.2 Å². The molecule has 1 amide bonds. The average Bonchev–Trinajstić information content (AvgIpc) is 2.72. The van der Waals surface area contributed by atoms with Crippen LogP contribution in [0.1, 0.15) is 23.2 Å². The second kappa shape index (κ2) is 11.5. The Morgan fingerprint density at radius 3 is 2.41 bits per heavy atom. The van der Waals surface area contributed by atoms with E-state index in [2.05, 4.69) is 10.2 Å². The first-order valence-corrected chi connectivity index (χ1v) is 9.50. The number of benzene rings is 1. The number of methoxy groups -OCH3 is 3. The summed E-state index contributed by atoms with van der Waals surface area (Å²) in [4.78, 5) is 26.0. The van der Waals surface area contributed by atoms with Crippen LogP contribution in [0.25, 0.3) is 0 Å². The zero-order valence-electron chi connectivity index (χ0n) is 17.1. The SMILES string of the molecule is COCCOc1cc([N+](=O)[O-])c(C(=O)NC2CCN(CCOC)CC2)cc1OC. The van der Waals surface area contributed by atoms with Crippen molar-refractivity contribution in [1.29, 1.82) is 0 Å². The van der Waals surface area contributed by atoms with Gasteiger partial charge in [-0.15, -0.1) is 0 Å². The minimum Gasteiger partial charge on any atom is -0.493 e. The van der Waals surface area contributed by atoms with Crippen LogP contribution < -0.4 is 14.8 Å². The van der Waals surface area contributed by atoms with E-state index in [1.165, 1.54) is 26.4 Å². The number of ether oxygens (including phenoxy) is 4. The van der Waals surface area contributed by atoms with Gasteiger partial charge in [0.2, 0.25) is 0 Å². The molecule has 162 valence electrons. The average molecular weight is 411 g/mol. The monoisotopic (exact) mass is 411 g/mol. The van der Waals surface area contributed by atoms with E-state index in [0.29, 0.717) is 13.2 Å². The van der Waals surface area contributed by atoms with Crippen molar-refractivity contribution < 1.29 is 28.7 Å². The van der Waals surface area contributed by atoms with Crippen LogP contribution >= 0.6 is 0 Å². The highest BCUT2D eigenvalue weighted by Crippen LogP contribution is 2.35. The van der Waals surface area contributed by atoms with Gasteiger partial charge in [0, 0.05) is 46.0 Å². The molecule has 0 spiro atoms. The fourth-order valence-corrected chi connectivity index (χ4v) is 3.17. The molecule has 2 rings (SSSR count). The summed E-state index contributed by atoms with van der Waals surface area (Å²) in [7, 11) is 4.61. The van der Waals surface area contributed by atoms with Crippen molar-refractivity contribution >= 4 is 11.6 Å². The highest BCUT2D eigenvalue weighted by molar-refractivity contribution is 5.99. The molecule has 10 heteroatoms. The first kappa shape index (κ1) is 22.9. The zero-order chi connectivity index (χ0) is 21.2. The summed E-state index contributed by atoms with van der Waals surface area (Å²) in [5, 5.41) is 14.4. The minimum atomic E-state index is -0.592. The van der Waals surface area contributed by atoms with Crippen LogP contribution in [0.15, 0.2) is 12.1 Å². The van der Waals surface area contributed by atoms with Crippen molar-refractivity contribution in [3.63, 3.8) is 0 Å². The molecule has 0 unspecified atom stereocenters. The van der Waals surface area contributed by atoms with Gasteiger partial charge in [-0.3, -0.25) is 14.9 Å². The van der Waals surface area contributed by atoms with Gasteiger partial charge in [-0.25, -0.2) is 0 Å². The number of hydrogen-bond acceptors (Lipinski definition) is 8. The van der Waals surface area contributed by atoms with E-state index >= 15 is 0 Å². The van der Waals surface area contributed by atoms with Gasteiger partial charge in [0.05, 0.1) is 31.3 Å². The maximum atomic E-state index is 12.8. The molecule has 1 N–H and O–H groups in total. The fourth-order valence-electron chi connectivity index (χ4n) is 3.17. The predicted molar refractivity (Wildman–Crippen MR) is 106 cm³/mol. The van der Waals surface area contributed by atoms with Gasteiger partial charge in [0.1, 0.15) is 12.2 Å². The number of likely N-dealkylation sites (tertiary alicyclic amines) is 1. The van der Waals surface area contributed by atoms with Crippen molar-refractivity contribution in [2.75, 3.05) is 60.8 Å². The van der Waals surface area contributed by atoms with E-state index in [-0.39, 0.29) is 35.4 Å². The van der Waals surface area contributed by atoms with Crippen LogP contribution in [0.5, 0.6) is 11.5 Å². The third-order valence-electron chi connectivity index (χ3n) is 4.80. The zero-order valence-corrected chi connectivity index (χ0v) is 17.1. The molecule has 0 bridgehead atoms. The second-order valence-corrected chi connectivity index (χ2v) is 6.70. The summed E-state index contributed by atoms with van der Waals surface area (Å²) >= 11 is 0. The number of nitro groups is 1. The van der Waals surface area contributed by atoms with Crippen LogP contribution in [0.2, 0.25) is 0 Å². The molecule has 1 heterocycles. The molecule has 29 heavy (non-hydrogen) atoms. The molecule has 0 aromatic heterocycles. The summed E-state index contributed by atoms with van der Waals surface area (Å²) in [5.74, 6) is -0.0423. The predicted octanol–water partition coefficient (Wildman–Crippen LogP) is 1.47. The number of nitrogens with one attached hydrogen (secondary N) is 1. The lowest BCUT2D eigenvalue weighted by atomic mass is 10.0. The number of piperidine rings is 1. The molecule has 0 saturated carbocycles. The summed E-state index contributed by atoms with van der Waals surface area (Å²) in [6.07, 6.45) is 1.55. The molecule has 0 aliphatic carbocycles. The molecule has 0 radical (unpaired) electrons. The molecule has 1 fully saturated rings. The topological polar surface area (TPSA) is 112 Å². The van der Waals surface area contributed by atoms with E-state index in [1.807, 2.05) is 0 Å². The van der Waals surface area contributed by atoms with E-state index in [4.69, 9.17) is 18.9 Å². The number of rotatable bonds is 11. The van der Waals surface area contributed by atoms with Crippen molar-refractivity contribution in [2.24, 2.45) is 0 Å². The highest BCUT2D eigenvalue weighted by atomic mass is 16.6. The lowest BCUT2D eigenvalue weighted by Gasteiger charge is -2.32. The maximum absolute atomic E-state index is 12.8. The molecular formula is C19H29N3O7. The first-order chi connectivity index (χ1) is 14.0. The Labute approximate surface area is 170 Å². The van der Waals surface area contributed by atoms with Crippen LogP contribution in [0.3, 0.4) is 0 Å². The smallest absolute Gasteiger partial charge is 0.286 e. The molecular weight excluding hydrogens is 382 g/mol. The molecule has 1 aliphatic heterocycles. The molecule has 1 aromatic carbocycles. The quantitative estimate of drug-likeness (QED) is 0.331. The Kier molecular flexibility index (Phi) is 9.10. The van der Waals surface area contributed by atoms with Crippen molar-refractivity contribution in [2.45, 2.75) is 18.9 Å². The molecule has 1 saturated heterocycles. The van der Waals surface area contributed by atoms with Crippen molar-refractivity contribution in [1.82, 2.24) is 10.2 Å². The Balaban J connectivity index is 2.09. The van der Waals surface area contributed by atoms with Gasteiger partial charge >= 0.3 is 0 Å². The van der Waals surface area contributed by atoms with Gasteiger partial charge in [-0.1, -0.05) is 0 Å². The number of carbonyl (C=O) groups excluding carboxylic acids is 1. The van der Waals surface area contributed by atoms with Crippen molar-refractivity contribution in [3.8, 4) is 11.5 Å². The highest BCUT2D eigenvalue weighted by Gasteiger charge is 2.27. The third-order valence-corrected chi connectivity index (χ3v) is 4.80. The summed E-state index contributed by atoms with van der Waals surface area (Å²) in [6.45, 7) is 3.73. The Hall–Kier alpha value is -2.43. The minimum absolute atomic E-state index is 0.0375. The summed E-state index contributed by atoms with van der Waals surface area (Å²) < 4.78 is 20.7. The van der Waals surface area contributed by atoms with Crippen LogP contribution in [-0.4, -0.2) is 82.6 Å². The van der Waals surface area contributed by atoms with Gasteiger partial charge in [0.25, 0.3) is 11.6 Å². The van der Waals surface area contributed by atoms with Crippen LogP contribution in [0, 0.1) is 10.1 Å². The number of carbonyl (C=O) groups is 1. The standard InChI is InChI=1S/C19H29N3O7/c1-26-9-8-21-6-4-14(5-7-21)20-19(23)15-12-17(28-3)18(29-11-10-27-2)13-16(15)22(24)25/h12-14H,4-11H2,1-3H3,(H,20,23). The van der Waals surface area contributed by atoms with Crippen LogP contribution in [0.4, 0.5) is 5.69 Å². The fraction of sp³-hybridized carbons (Fsp3) is 0.632. The summed E-state index contributed by atoms with van der Waals surface area (Å²) in [5.41, 5.74) is -0.374. The van der Waals surface area contributed by atoms with Gasteiger partial charge in [-0.05, 0) is 12.8 Å². The van der Waals surface area contributed by atoms with Gasteiger partial charge in [-0.2, -0.15) is 0 Å². The normalized spacial score (nSPS) is 15.1. The first-order valence-electron chi connectivity index (χ1n) is 9.50. The number of nitro benzene ring substituents is 1. The van der Waals surface area contributed by atoms with Crippen molar-refractivity contribution in [3.05, 3.63) is 27.8 Å². The van der Waals surface area contributed by atoms with Crippen LogP contribution in [-0.2, 0) is 9.47 Å². The third kappa shape index (κ3) is 6.55. The maximum Gasteiger partial charge on any atom is 0.286 e. The van der Waals surface area contributed by atoms with E-state index in [9.17, 15) is 14.9 Å². The van der Waals surface area contributed by atoms with E-state index < -0.39 is 10.8 Å². The Morgan fingerprint density at radius 1 is 1.14 bits per heavy atom. The lowest BCUT2D eigenvalue weighted by molar-refractivity contribution is -0.385. The second-order valence-electron chi connectivity index (χ2n) is 6.70. The molecule has 0 atom stereocenters. The molecule has 1 aromatic rings. The van der Waals surface area contributed by atoms with E-state index in [1.54, 1.807) is 7.11 Å². The lowest BCUT2D eigenvalue weighted by Crippen LogP contribution is -2.45.